The standard InChI is InChI=1S/C11H10O3S/c1-13-8-5-3-4-7-6-9(15-2)11(12)14-10(7)8/h3-6H,1-2H3. The zero-order valence-electron chi connectivity index (χ0n) is 8.44. The fourth-order valence-corrected chi connectivity index (χ4v) is 1.85. The van der Waals surface area contributed by atoms with Crippen molar-refractivity contribution in [1.29, 1.82) is 0 Å². The summed E-state index contributed by atoms with van der Waals surface area (Å²) in [4.78, 5) is 12.1. The van der Waals surface area contributed by atoms with Crippen LogP contribution in [0.15, 0.2) is 38.4 Å². The van der Waals surface area contributed by atoms with E-state index >= 15 is 0 Å². The second kappa shape index (κ2) is 3.98. The van der Waals surface area contributed by atoms with E-state index in [4.69, 9.17) is 9.15 Å². The fourth-order valence-electron chi connectivity index (χ4n) is 1.40. The van der Waals surface area contributed by atoms with Gasteiger partial charge in [-0.2, -0.15) is 0 Å². The van der Waals surface area contributed by atoms with E-state index in [0.29, 0.717) is 16.2 Å². The third-order valence-electron chi connectivity index (χ3n) is 2.13. The molecule has 0 amide bonds. The molecule has 0 bridgehead atoms. The minimum atomic E-state index is -0.320. The lowest BCUT2D eigenvalue weighted by Crippen LogP contribution is -2.01. The second-order valence-corrected chi connectivity index (χ2v) is 3.83. The lowest BCUT2D eigenvalue weighted by molar-refractivity contribution is 0.405. The van der Waals surface area contributed by atoms with Crippen LogP contribution in [0.3, 0.4) is 0 Å². The Bertz CT molecular complexity index is 545. The average Bonchev–Trinajstić information content (AvgIpc) is 2.27. The molecular weight excluding hydrogens is 212 g/mol. The van der Waals surface area contributed by atoms with Crippen LogP contribution in [0.5, 0.6) is 5.75 Å². The van der Waals surface area contributed by atoms with Crippen LogP contribution in [-0.2, 0) is 0 Å². The Morgan fingerprint density at radius 2 is 2.20 bits per heavy atom. The van der Waals surface area contributed by atoms with Gasteiger partial charge in [0.05, 0.1) is 12.0 Å². The van der Waals surface area contributed by atoms with E-state index in [9.17, 15) is 4.79 Å². The zero-order valence-corrected chi connectivity index (χ0v) is 9.26. The van der Waals surface area contributed by atoms with Gasteiger partial charge in [-0.3, -0.25) is 0 Å². The van der Waals surface area contributed by atoms with E-state index < -0.39 is 0 Å². The number of para-hydroxylation sites is 1. The van der Waals surface area contributed by atoms with E-state index in [-0.39, 0.29) is 5.63 Å². The lowest BCUT2D eigenvalue weighted by atomic mass is 10.2. The third-order valence-corrected chi connectivity index (χ3v) is 2.86. The first kappa shape index (κ1) is 10.1. The van der Waals surface area contributed by atoms with Crippen molar-refractivity contribution >= 4 is 22.7 Å². The van der Waals surface area contributed by atoms with Crippen LogP contribution in [-0.4, -0.2) is 13.4 Å². The van der Waals surface area contributed by atoms with Crippen molar-refractivity contribution in [2.24, 2.45) is 0 Å². The summed E-state index contributed by atoms with van der Waals surface area (Å²) < 4.78 is 10.3. The topological polar surface area (TPSA) is 39.4 Å². The number of fused-ring (bicyclic) bond motifs is 1. The van der Waals surface area contributed by atoms with Gasteiger partial charge < -0.3 is 9.15 Å². The molecule has 0 unspecified atom stereocenters. The van der Waals surface area contributed by atoms with Crippen molar-refractivity contribution in [2.75, 3.05) is 13.4 Å². The minimum absolute atomic E-state index is 0.320. The minimum Gasteiger partial charge on any atom is -0.493 e. The van der Waals surface area contributed by atoms with Gasteiger partial charge in [0.25, 0.3) is 0 Å². The summed E-state index contributed by atoms with van der Waals surface area (Å²) in [5.41, 5.74) is 0.183. The number of hydrogen-bond donors (Lipinski definition) is 0. The van der Waals surface area contributed by atoms with Crippen molar-refractivity contribution in [3.05, 3.63) is 34.7 Å². The van der Waals surface area contributed by atoms with Crippen LogP contribution in [0.25, 0.3) is 11.0 Å². The lowest BCUT2D eigenvalue weighted by Gasteiger charge is -2.03. The first-order valence-corrected chi connectivity index (χ1v) is 5.63. The van der Waals surface area contributed by atoms with Crippen molar-refractivity contribution < 1.29 is 9.15 Å². The first-order chi connectivity index (χ1) is 7.26. The Morgan fingerprint density at radius 3 is 2.87 bits per heavy atom. The van der Waals surface area contributed by atoms with Gasteiger partial charge in [0.1, 0.15) is 0 Å². The molecule has 2 aromatic rings. The maximum atomic E-state index is 11.5. The summed E-state index contributed by atoms with van der Waals surface area (Å²) in [5.74, 6) is 0.581. The van der Waals surface area contributed by atoms with E-state index in [1.54, 1.807) is 13.2 Å². The normalized spacial score (nSPS) is 10.5. The molecule has 1 aromatic heterocycles. The molecular formula is C11H10O3S. The molecule has 78 valence electrons. The summed E-state index contributed by atoms with van der Waals surface area (Å²) >= 11 is 1.38. The molecule has 0 N–H and O–H groups in total. The van der Waals surface area contributed by atoms with Gasteiger partial charge in [-0.15, -0.1) is 11.8 Å². The second-order valence-electron chi connectivity index (χ2n) is 2.98. The number of benzene rings is 1. The number of ether oxygens (including phenoxy) is 1. The quantitative estimate of drug-likeness (QED) is 0.578. The molecule has 0 saturated heterocycles. The zero-order chi connectivity index (χ0) is 10.8. The molecule has 0 radical (unpaired) electrons. The van der Waals surface area contributed by atoms with Crippen LogP contribution < -0.4 is 10.4 Å². The molecule has 1 heterocycles. The Balaban J connectivity index is 2.80. The van der Waals surface area contributed by atoms with Gasteiger partial charge in [-0.1, -0.05) is 12.1 Å². The molecule has 0 aliphatic carbocycles. The molecule has 0 atom stereocenters. The predicted molar refractivity (Wildman–Crippen MR) is 60.8 cm³/mol. The molecule has 0 aliphatic rings. The van der Waals surface area contributed by atoms with E-state index in [1.807, 2.05) is 24.5 Å². The summed E-state index contributed by atoms with van der Waals surface area (Å²) in [7, 11) is 1.55. The summed E-state index contributed by atoms with van der Waals surface area (Å²) in [6.45, 7) is 0. The largest absolute Gasteiger partial charge is 0.493 e. The van der Waals surface area contributed by atoms with E-state index in [1.165, 1.54) is 11.8 Å². The predicted octanol–water partition coefficient (Wildman–Crippen LogP) is 2.52. The number of methoxy groups -OCH3 is 1. The van der Waals surface area contributed by atoms with Crippen LogP contribution in [0.1, 0.15) is 0 Å². The summed E-state index contributed by atoms with van der Waals surface area (Å²) in [6, 6.07) is 7.34. The van der Waals surface area contributed by atoms with Crippen LogP contribution in [0.4, 0.5) is 0 Å². The highest BCUT2D eigenvalue weighted by Gasteiger charge is 2.07. The first-order valence-electron chi connectivity index (χ1n) is 4.41. The number of rotatable bonds is 2. The maximum absolute atomic E-state index is 11.5. The van der Waals surface area contributed by atoms with Crippen LogP contribution in [0.2, 0.25) is 0 Å². The van der Waals surface area contributed by atoms with Crippen LogP contribution in [0, 0.1) is 0 Å². The maximum Gasteiger partial charge on any atom is 0.350 e. The molecule has 0 spiro atoms. The Hall–Kier alpha value is -1.42. The Labute approximate surface area is 91.0 Å². The Kier molecular flexibility index (Phi) is 2.68. The molecule has 3 nitrogen and oxygen atoms in total. The average molecular weight is 222 g/mol. The highest BCUT2D eigenvalue weighted by Crippen LogP contribution is 2.26. The molecule has 0 aliphatic heterocycles. The molecule has 4 heteroatoms. The molecule has 0 saturated carbocycles. The fraction of sp³-hybridized carbons (Fsp3) is 0.182. The van der Waals surface area contributed by atoms with Gasteiger partial charge >= 0.3 is 5.63 Å². The molecule has 15 heavy (non-hydrogen) atoms. The van der Waals surface area contributed by atoms with Crippen molar-refractivity contribution in [2.45, 2.75) is 4.90 Å². The van der Waals surface area contributed by atoms with Gasteiger partial charge in [-0.25, -0.2) is 4.79 Å². The van der Waals surface area contributed by atoms with Crippen molar-refractivity contribution in [3.63, 3.8) is 0 Å². The summed E-state index contributed by atoms with van der Waals surface area (Å²) in [5, 5.41) is 0.873. The highest BCUT2D eigenvalue weighted by molar-refractivity contribution is 7.98. The SMILES string of the molecule is COc1cccc2cc(SC)c(=O)oc12. The monoisotopic (exact) mass is 222 g/mol. The van der Waals surface area contributed by atoms with Crippen LogP contribution >= 0.6 is 11.8 Å². The Morgan fingerprint density at radius 1 is 1.40 bits per heavy atom. The van der Waals surface area contributed by atoms with Gasteiger partial charge in [0.2, 0.25) is 0 Å². The van der Waals surface area contributed by atoms with Gasteiger partial charge in [0, 0.05) is 5.39 Å². The molecule has 0 fully saturated rings. The smallest absolute Gasteiger partial charge is 0.350 e. The van der Waals surface area contributed by atoms with E-state index in [2.05, 4.69) is 0 Å². The highest BCUT2D eigenvalue weighted by atomic mass is 32.2. The van der Waals surface area contributed by atoms with Gasteiger partial charge in [0.15, 0.2) is 11.3 Å². The summed E-state index contributed by atoms with van der Waals surface area (Å²) in [6.07, 6.45) is 1.85. The van der Waals surface area contributed by atoms with Crippen molar-refractivity contribution in [1.82, 2.24) is 0 Å². The van der Waals surface area contributed by atoms with Gasteiger partial charge in [-0.05, 0) is 18.4 Å². The van der Waals surface area contributed by atoms with E-state index in [0.717, 1.165) is 5.39 Å². The molecule has 1 aromatic carbocycles. The third kappa shape index (κ3) is 1.72. The number of thioether (sulfide) groups is 1. The molecule has 2 rings (SSSR count). The van der Waals surface area contributed by atoms with Crippen molar-refractivity contribution in [3.8, 4) is 5.75 Å². The number of hydrogen-bond acceptors (Lipinski definition) is 4.